The quantitative estimate of drug-likeness (QED) is 0.841. The molecule has 2 aromatic rings. The number of hydrogen-bond donors (Lipinski definition) is 1. The number of thiophene rings is 1. The van der Waals surface area contributed by atoms with Gasteiger partial charge in [0.15, 0.2) is 0 Å². The van der Waals surface area contributed by atoms with Crippen LogP contribution in [0.25, 0.3) is 10.1 Å². The molecule has 1 N–H and O–H groups in total. The molecule has 1 saturated carbocycles. The number of halogens is 3. The van der Waals surface area contributed by atoms with Gasteiger partial charge in [-0.15, -0.1) is 11.3 Å². The van der Waals surface area contributed by atoms with Crippen molar-refractivity contribution >= 4 is 37.4 Å². The molecule has 1 aromatic carbocycles. The lowest BCUT2D eigenvalue weighted by atomic mass is 9.77. The van der Waals surface area contributed by atoms with Crippen LogP contribution >= 0.6 is 27.3 Å². The summed E-state index contributed by atoms with van der Waals surface area (Å²) in [5, 5.41) is 11.2. The zero-order valence-electron chi connectivity index (χ0n) is 9.37. The van der Waals surface area contributed by atoms with Gasteiger partial charge >= 0.3 is 0 Å². The topological polar surface area (TPSA) is 20.2 Å². The first-order valence-corrected chi connectivity index (χ1v) is 7.30. The summed E-state index contributed by atoms with van der Waals surface area (Å²) in [7, 11) is 0. The minimum atomic E-state index is -2.58. The average molecular weight is 333 g/mol. The smallest absolute Gasteiger partial charge is 0.248 e. The van der Waals surface area contributed by atoms with E-state index in [0.717, 1.165) is 19.4 Å². The fraction of sp³-hybridized carbons (Fsp3) is 0.385. The Morgan fingerprint density at radius 2 is 2.06 bits per heavy atom. The summed E-state index contributed by atoms with van der Waals surface area (Å²) in [5.74, 6) is -2.89. The van der Waals surface area contributed by atoms with Crippen molar-refractivity contribution in [1.29, 1.82) is 0 Å². The molecule has 0 radical (unpaired) electrons. The zero-order valence-corrected chi connectivity index (χ0v) is 11.8. The standard InChI is InChI=1S/C13H11BrF2OS/c14-9-2-1-7-3-11(18-10(7)4-9)12(17)8-5-13(15,16)6-8/h1-4,8,12,17H,5-6H2. The van der Waals surface area contributed by atoms with E-state index in [2.05, 4.69) is 15.9 Å². The molecule has 96 valence electrons. The molecule has 1 atom stereocenters. The number of hydrogen-bond acceptors (Lipinski definition) is 2. The molecular formula is C13H11BrF2OS. The monoisotopic (exact) mass is 332 g/mol. The molecule has 1 aromatic heterocycles. The lowest BCUT2D eigenvalue weighted by Crippen LogP contribution is -2.38. The fourth-order valence-corrected chi connectivity index (χ4v) is 4.03. The molecule has 0 spiro atoms. The van der Waals surface area contributed by atoms with E-state index in [1.807, 2.05) is 24.3 Å². The van der Waals surface area contributed by atoms with Crippen molar-refractivity contribution in [3.63, 3.8) is 0 Å². The van der Waals surface area contributed by atoms with E-state index in [4.69, 9.17) is 0 Å². The highest BCUT2D eigenvalue weighted by Gasteiger charge is 2.48. The first-order valence-electron chi connectivity index (χ1n) is 5.69. The van der Waals surface area contributed by atoms with Crippen LogP contribution in [-0.2, 0) is 0 Å². The molecule has 5 heteroatoms. The van der Waals surface area contributed by atoms with Crippen LogP contribution in [0.1, 0.15) is 23.8 Å². The number of rotatable bonds is 2. The fourth-order valence-electron chi connectivity index (χ4n) is 2.33. The lowest BCUT2D eigenvalue weighted by molar-refractivity contribution is -0.141. The van der Waals surface area contributed by atoms with Gasteiger partial charge in [0, 0.05) is 32.8 Å². The normalized spacial score (nSPS) is 20.9. The minimum absolute atomic E-state index is 0.202. The first kappa shape index (κ1) is 12.5. The number of aliphatic hydroxyl groups excluding tert-OH is 1. The maximum absolute atomic E-state index is 12.8. The SMILES string of the molecule is OC(c1cc2ccc(Br)cc2s1)C1CC(F)(F)C1. The highest BCUT2D eigenvalue weighted by molar-refractivity contribution is 9.10. The van der Waals surface area contributed by atoms with Gasteiger partial charge in [-0.2, -0.15) is 0 Å². The second kappa shape index (κ2) is 4.25. The molecule has 1 fully saturated rings. The maximum Gasteiger partial charge on any atom is 0.248 e. The lowest BCUT2D eigenvalue weighted by Gasteiger charge is -2.37. The van der Waals surface area contributed by atoms with Crippen molar-refractivity contribution in [3.8, 4) is 0 Å². The van der Waals surface area contributed by atoms with E-state index in [-0.39, 0.29) is 18.8 Å². The van der Waals surface area contributed by atoms with E-state index in [0.29, 0.717) is 0 Å². The van der Waals surface area contributed by atoms with E-state index >= 15 is 0 Å². The van der Waals surface area contributed by atoms with Crippen LogP contribution in [0.3, 0.4) is 0 Å². The second-order valence-corrected chi connectivity index (χ2v) is 6.83. The van der Waals surface area contributed by atoms with Crippen molar-refractivity contribution in [2.24, 2.45) is 5.92 Å². The van der Waals surface area contributed by atoms with Crippen molar-refractivity contribution < 1.29 is 13.9 Å². The molecule has 1 nitrogen and oxygen atoms in total. The third-order valence-electron chi connectivity index (χ3n) is 3.36. The van der Waals surface area contributed by atoms with Crippen LogP contribution in [0, 0.1) is 5.92 Å². The molecule has 1 heterocycles. The number of alkyl halides is 2. The van der Waals surface area contributed by atoms with E-state index < -0.39 is 12.0 Å². The van der Waals surface area contributed by atoms with Crippen molar-refractivity contribution in [2.45, 2.75) is 24.9 Å². The number of aliphatic hydroxyl groups is 1. The van der Waals surface area contributed by atoms with Gasteiger partial charge in [0.25, 0.3) is 0 Å². The molecule has 18 heavy (non-hydrogen) atoms. The molecule has 0 bridgehead atoms. The van der Waals surface area contributed by atoms with Crippen LogP contribution in [-0.4, -0.2) is 11.0 Å². The molecular weight excluding hydrogens is 322 g/mol. The Bertz CT molecular complexity index is 588. The summed E-state index contributed by atoms with van der Waals surface area (Å²) < 4.78 is 27.7. The van der Waals surface area contributed by atoms with E-state index in [1.165, 1.54) is 11.3 Å². The molecule has 3 rings (SSSR count). The summed E-state index contributed by atoms with van der Waals surface area (Å²) in [6.45, 7) is 0. The first-order chi connectivity index (χ1) is 8.44. The summed E-state index contributed by atoms with van der Waals surface area (Å²) in [5.41, 5.74) is 0. The third kappa shape index (κ3) is 2.19. The van der Waals surface area contributed by atoms with Gasteiger partial charge < -0.3 is 5.11 Å². The Hall–Kier alpha value is -0.520. The third-order valence-corrected chi connectivity index (χ3v) is 5.02. The van der Waals surface area contributed by atoms with Crippen LogP contribution in [0.15, 0.2) is 28.7 Å². The largest absolute Gasteiger partial charge is 0.387 e. The van der Waals surface area contributed by atoms with Crippen LogP contribution in [0.5, 0.6) is 0 Å². The second-order valence-electron chi connectivity index (χ2n) is 4.80. The Kier molecular flexibility index (Phi) is 2.95. The van der Waals surface area contributed by atoms with Crippen molar-refractivity contribution in [2.75, 3.05) is 0 Å². The minimum Gasteiger partial charge on any atom is -0.387 e. The highest BCUT2D eigenvalue weighted by atomic mass is 79.9. The average Bonchev–Trinajstić information content (AvgIpc) is 2.67. The predicted octanol–water partition coefficient (Wildman–Crippen LogP) is 4.74. The van der Waals surface area contributed by atoms with Crippen LogP contribution in [0.4, 0.5) is 8.78 Å². The summed E-state index contributed by atoms with van der Waals surface area (Å²) >= 11 is 4.86. The molecule has 0 aliphatic heterocycles. The predicted molar refractivity (Wildman–Crippen MR) is 72.2 cm³/mol. The summed E-state index contributed by atoms with van der Waals surface area (Å²) in [6, 6.07) is 7.77. The van der Waals surface area contributed by atoms with E-state index in [1.54, 1.807) is 0 Å². The van der Waals surface area contributed by atoms with Crippen LogP contribution in [0.2, 0.25) is 0 Å². The maximum atomic E-state index is 12.8. The molecule has 1 unspecified atom stereocenters. The van der Waals surface area contributed by atoms with Gasteiger partial charge in [-0.1, -0.05) is 22.0 Å². The Morgan fingerprint density at radius 3 is 2.72 bits per heavy atom. The molecule has 1 aliphatic carbocycles. The highest BCUT2D eigenvalue weighted by Crippen LogP contribution is 2.49. The van der Waals surface area contributed by atoms with Gasteiger partial charge in [-0.05, 0) is 23.6 Å². The Balaban J connectivity index is 1.86. The number of benzene rings is 1. The van der Waals surface area contributed by atoms with Gasteiger partial charge in [-0.25, -0.2) is 8.78 Å². The Morgan fingerprint density at radius 1 is 1.33 bits per heavy atom. The van der Waals surface area contributed by atoms with Gasteiger partial charge in [-0.3, -0.25) is 0 Å². The van der Waals surface area contributed by atoms with Crippen molar-refractivity contribution in [3.05, 3.63) is 33.6 Å². The van der Waals surface area contributed by atoms with Crippen LogP contribution < -0.4 is 0 Å². The molecule has 1 aliphatic rings. The summed E-state index contributed by atoms with van der Waals surface area (Å²) in [4.78, 5) is 0.781. The summed E-state index contributed by atoms with van der Waals surface area (Å²) in [6.07, 6.45) is -1.17. The van der Waals surface area contributed by atoms with Gasteiger partial charge in [0.05, 0.1) is 6.10 Å². The van der Waals surface area contributed by atoms with Gasteiger partial charge in [0.2, 0.25) is 5.92 Å². The molecule has 0 amide bonds. The van der Waals surface area contributed by atoms with Gasteiger partial charge in [0.1, 0.15) is 0 Å². The number of fused-ring (bicyclic) bond motifs is 1. The van der Waals surface area contributed by atoms with Crippen molar-refractivity contribution in [1.82, 2.24) is 0 Å². The Labute approximate surface area is 116 Å². The molecule has 0 saturated heterocycles. The van der Waals surface area contributed by atoms with E-state index in [9.17, 15) is 13.9 Å². The zero-order chi connectivity index (χ0) is 12.9.